The van der Waals surface area contributed by atoms with Crippen LogP contribution < -0.4 is 21.6 Å². The molecule has 0 unspecified atom stereocenters. The molecule has 3 aromatic carbocycles. The van der Waals surface area contributed by atoms with Crippen LogP contribution in [-0.4, -0.2) is 41.9 Å². The Morgan fingerprint density at radius 2 is 1.55 bits per heavy atom. The Balaban J connectivity index is 1.22. The first-order valence-electron chi connectivity index (χ1n) is 13.4. The third-order valence-electron chi connectivity index (χ3n) is 7.05. The highest BCUT2D eigenvalue weighted by Gasteiger charge is 2.22. The fourth-order valence-electron chi connectivity index (χ4n) is 4.76. The predicted octanol–water partition coefficient (Wildman–Crippen LogP) is 3.37. The van der Waals surface area contributed by atoms with Crippen molar-refractivity contribution in [1.29, 1.82) is 0 Å². The quantitative estimate of drug-likeness (QED) is 0.177. The molecule has 0 aliphatic rings. The predicted molar refractivity (Wildman–Crippen MR) is 157 cm³/mol. The van der Waals surface area contributed by atoms with E-state index in [9.17, 15) is 33.5 Å². The van der Waals surface area contributed by atoms with Gasteiger partial charge in [-0.25, -0.2) is 14.0 Å². The number of aryl methyl sites for hydroxylation is 1. The molecule has 2 aromatic heterocycles. The van der Waals surface area contributed by atoms with E-state index in [1.54, 1.807) is 61.5 Å². The number of aliphatic carboxylic acids is 1. The van der Waals surface area contributed by atoms with Crippen LogP contribution in [0.5, 0.6) is 0 Å². The number of halogens is 1. The maximum Gasteiger partial charge on any atom is 0.340 e. The lowest BCUT2D eigenvalue weighted by Crippen LogP contribution is -2.44. The average Bonchev–Trinajstić information content (AvgIpc) is 3.42. The number of hydrogen-bond acceptors (Lipinski definition) is 7. The summed E-state index contributed by atoms with van der Waals surface area (Å²) in [5.41, 5.74) is 2.42. The Labute approximate surface area is 248 Å². The third kappa shape index (κ3) is 6.49. The van der Waals surface area contributed by atoms with Crippen LogP contribution in [0.25, 0.3) is 33.1 Å². The van der Waals surface area contributed by atoms with Crippen LogP contribution >= 0.6 is 0 Å². The number of fused-ring (bicyclic) bond motifs is 2. The van der Waals surface area contributed by atoms with E-state index in [-0.39, 0.29) is 23.4 Å². The Morgan fingerprint density at radius 3 is 2.25 bits per heavy atom. The third-order valence-corrected chi connectivity index (χ3v) is 7.05. The molecule has 11 nitrogen and oxygen atoms in total. The molecule has 5 rings (SSSR count). The van der Waals surface area contributed by atoms with E-state index < -0.39 is 48.4 Å². The van der Waals surface area contributed by atoms with Gasteiger partial charge < -0.3 is 29.9 Å². The molecule has 0 bridgehead atoms. The van der Waals surface area contributed by atoms with Crippen molar-refractivity contribution in [2.24, 2.45) is 0 Å². The van der Waals surface area contributed by atoms with Crippen molar-refractivity contribution in [3.63, 3.8) is 0 Å². The number of carboxylic acids is 1. The molecule has 2 heterocycles. The number of furan rings is 1. The van der Waals surface area contributed by atoms with Crippen LogP contribution in [-0.2, 0) is 25.6 Å². The van der Waals surface area contributed by atoms with Gasteiger partial charge in [0.25, 0.3) is 0 Å². The van der Waals surface area contributed by atoms with Gasteiger partial charge in [-0.3, -0.25) is 14.4 Å². The van der Waals surface area contributed by atoms with Gasteiger partial charge in [-0.15, -0.1) is 0 Å². The summed E-state index contributed by atoms with van der Waals surface area (Å²) in [7, 11) is 0. The first kappa shape index (κ1) is 29.7. The van der Waals surface area contributed by atoms with Crippen LogP contribution in [0.3, 0.4) is 0 Å². The van der Waals surface area contributed by atoms with Crippen LogP contribution in [0.1, 0.15) is 22.7 Å². The number of nitrogens with one attached hydrogen (secondary N) is 3. The van der Waals surface area contributed by atoms with Gasteiger partial charge in [-0.2, -0.15) is 0 Å². The molecule has 0 radical (unpaired) electrons. The summed E-state index contributed by atoms with van der Waals surface area (Å²) in [4.78, 5) is 61.4. The molecule has 12 heteroatoms. The normalized spacial score (nSPS) is 11.7. The van der Waals surface area contributed by atoms with Gasteiger partial charge in [0.05, 0.1) is 31.3 Å². The van der Waals surface area contributed by atoms with Crippen LogP contribution in [0.4, 0.5) is 4.39 Å². The van der Waals surface area contributed by atoms with E-state index in [1.807, 2.05) is 0 Å². The molecule has 0 saturated carbocycles. The highest BCUT2D eigenvalue weighted by Crippen LogP contribution is 2.34. The van der Waals surface area contributed by atoms with Crippen molar-refractivity contribution < 1.29 is 37.5 Å². The number of amides is 3. The molecule has 4 N–H and O–H groups in total. The number of carboxylic acid groups (broad SMARTS) is 1. The van der Waals surface area contributed by atoms with E-state index in [2.05, 4.69) is 16.0 Å². The van der Waals surface area contributed by atoms with Crippen molar-refractivity contribution in [2.45, 2.75) is 19.4 Å². The lowest BCUT2D eigenvalue weighted by molar-refractivity contribution is -0.142. The van der Waals surface area contributed by atoms with E-state index in [0.29, 0.717) is 33.0 Å². The number of hydrogen-bond donors (Lipinski definition) is 4. The molecule has 1 atom stereocenters. The topological polar surface area (TPSA) is 168 Å². The van der Waals surface area contributed by atoms with Gasteiger partial charge in [0.15, 0.2) is 6.04 Å². The highest BCUT2D eigenvalue weighted by atomic mass is 19.1. The van der Waals surface area contributed by atoms with Gasteiger partial charge in [-0.05, 0) is 41.8 Å². The van der Waals surface area contributed by atoms with Gasteiger partial charge in [-0.1, -0.05) is 42.5 Å². The zero-order valence-corrected chi connectivity index (χ0v) is 23.3. The lowest BCUT2D eigenvalue weighted by Gasteiger charge is -2.15. The standard InChI is InChI=1S/C32H26FN3O8/c1-17-21-11-23-24(18-7-9-20(33)10-8-18)16-43-25(23)13-26(21)44-32(42)22(17)12-27(37)34-14-28(38)35-15-29(39)36-30(31(40)41)19-5-3-2-4-6-19/h2-11,13,16,30H,12,14-15H2,1H3,(H,34,37)(H,35,38)(H,36,39)(H,40,41)/t30-/m1/s1. The summed E-state index contributed by atoms with van der Waals surface area (Å²) in [6.45, 7) is 0.680. The number of carbonyl (C=O) groups is 4. The van der Waals surface area contributed by atoms with Gasteiger partial charge >= 0.3 is 11.6 Å². The minimum Gasteiger partial charge on any atom is -0.479 e. The molecule has 0 aliphatic heterocycles. The minimum atomic E-state index is -1.30. The number of rotatable bonds is 10. The minimum absolute atomic E-state index is 0.0987. The van der Waals surface area contributed by atoms with Crippen molar-refractivity contribution in [3.8, 4) is 11.1 Å². The highest BCUT2D eigenvalue weighted by molar-refractivity contribution is 6.02. The van der Waals surface area contributed by atoms with Crippen molar-refractivity contribution in [1.82, 2.24) is 16.0 Å². The Hall–Kier alpha value is -5.78. The van der Waals surface area contributed by atoms with Crippen LogP contribution in [0.2, 0.25) is 0 Å². The van der Waals surface area contributed by atoms with Crippen LogP contribution in [0.15, 0.2) is 86.6 Å². The molecule has 3 amide bonds. The smallest absolute Gasteiger partial charge is 0.340 e. The molecule has 44 heavy (non-hydrogen) atoms. The number of benzene rings is 3. The second kappa shape index (κ2) is 12.6. The van der Waals surface area contributed by atoms with Crippen molar-refractivity contribution in [3.05, 3.63) is 106 Å². The molecular formula is C32H26FN3O8. The summed E-state index contributed by atoms with van der Waals surface area (Å²) in [6.07, 6.45) is 1.16. The van der Waals surface area contributed by atoms with Gasteiger partial charge in [0.2, 0.25) is 17.7 Å². The second-order valence-electron chi connectivity index (χ2n) is 9.97. The van der Waals surface area contributed by atoms with Crippen molar-refractivity contribution in [2.75, 3.05) is 13.1 Å². The molecule has 0 fully saturated rings. The summed E-state index contributed by atoms with van der Waals surface area (Å²) < 4.78 is 24.5. The SMILES string of the molecule is Cc1c(CC(=O)NCC(=O)NCC(=O)N[C@@H](C(=O)O)c2ccccc2)c(=O)oc2cc3occ(-c4ccc(F)cc4)c3cc12. The summed E-state index contributed by atoms with van der Waals surface area (Å²) in [5.74, 6) is -3.70. The first-order valence-corrected chi connectivity index (χ1v) is 13.4. The lowest BCUT2D eigenvalue weighted by atomic mass is 9.99. The summed E-state index contributed by atoms with van der Waals surface area (Å²) in [5, 5.41) is 17.7. The maximum absolute atomic E-state index is 13.4. The summed E-state index contributed by atoms with van der Waals surface area (Å²) in [6, 6.07) is 16.1. The largest absolute Gasteiger partial charge is 0.479 e. The first-order chi connectivity index (χ1) is 21.1. The molecular weight excluding hydrogens is 573 g/mol. The van der Waals surface area contributed by atoms with Crippen LogP contribution in [0, 0.1) is 12.7 Å². The average molecular weight is 600 g/mol. The molecule has 224 valence electrons. The fourth-order valence-corrected chi connectivity index (χ4v) is 4.76. The Morgan fingerprint density at radius 1 is 0.864 bits per heavy atom. The Bertz CT molecular complexity index is 1950. The van der Waals surface area contributed by atoms with Gasteiger partial charge in [0.1, 0.15) is 17.0 Å². The van der Waals surface area contributed by atoms with E-state index in [0.717, 1.165) is 5.56 Å². The number of carbonyl (C=O) groups excluding carboxylic acids is 3. The van der Waals surface area contributed by atoms with Gasteiger partial charge in [0, 0.05) is 22.4 Å². The second-order valence-corrected chi connectivity index (χ2v) is 9.97. The molecule has 0 saturated heterocycles. The summed E-state index contributed by atoms with van der Waals surface area (Å²) >= 11 is 0. The molecule has 0 aliphatic carbocycles. The van der Waals surface area contributed by atoms with E-state index >= 15 is 0 Å². The maximum atomic E-state index is 13.4. The zero-order valence-electron chi connectivity index (χ0n) is 23.3. The monoisotopic (exact) mass is 599 g/mol. The van der Waals surface area contributed by atoms with E-state index in [4.69, 9.17) is 8.83 Å². The van der Waals surface area contributed by atoms with E-state index in [1.165, 1.54) is 18.4 Å². The molecule has 5 aromatic rings. The Kier molecular flexibility index (Phi) is 8.51. The van der Waals surface area contributed by atoms with Crippen molar-refractivity contribution >= 4 is 45.6 Å². The zero-order chi connectivity index (χ0) is 31.4. The molecule has 0 spiro atoms. The fraction of sp³-hybridized carbons (Fsp3) is 0.156.